The molecular weight excluding hydrogens is 208 g/mol. The Morgan fingerprint density at radius 2 is 2.56 bits per heavy atom. The Morgan fingerprint density at radius 3 is 3.19 bits per heavy atom. The summed E-state index contributed by atoms with van der Waals surface area (Å²) in [6, 6.07) is 3.27. The van der Waals surface area contributed by atoms with Crippen LogP contribution in [0.2, 0.25) is 0 Å². The van der Waals surface area contributed by atoms with Crippen LogP contribution in [0, 0.1) is 0 Å². The van der Waals surface area contributed by atoms with Gasteiger partial charge in [-0.25, -0.2) is 0 Å². The Kier molecular flexibility index (Phi) is 3.58. The van der Waals surface area contributed by atoms with Crippen LogP contribution in [0.1, 0.15) is 18.7 Å². The summed E-state index contributed by atoms with van der Waals surface area (Å²) in [6.45, 7) is 3.70. The molecule has 1 aromatic heterocycles. The summed E-state index contributed by atoms with van der Waals surface area (Å²) in [7, 11) is 0. The smallest absolute Gasteiger partial charge is 0.240 e. The van der Waals surface area contributed by atoms with Gasteiger partial charge in [-0.1, -0.05) is 0 Å². The standard InChI is InChI=1S/C11H16N2O3/c1-8(10-3-2-5-16-10)13-11(14)9-7-15-6-4-12-9/h2-3,5,8-9,12H,4,6-7H2,1H3,(H,13,14). The van der Waals surface area contributed by atoms with Crippen molar-refractivity contribution in [2.24, 2.45) is 0 Å². The highest BCUT2D eigenvalue weighted by Gasteiger charge is 2.23. The van der Waals surface area contributed by atoms with Gasteiger partial charge in [0.15, 0.2) is 0 Å². The molecule has 88 valence electrons. The normalized spacial score (nSPS) is 22.7. The largest absolute Gasteiger partial charge is 0.467 e. The van der Waals surface area contributed by atoms with Gasteiger partial charge in [-0.2, -0.15) is 0 Å². The van der Waals surface area contributed by atoms with Crippen molar-refractivity contribution >= 4 is 5.91 Å². The zero-order valence-corrected chi connectivity index (χ0v) is 9.23. The molecule has 1 amide bonds. The van der Waals surface area contributed by atoms with Gasteiger partial charge in [0.05, 0.1) is 25.5 Å². The predicted octanol–water partition coefficient (Wildman–Crippen LogP) is 0.445. The number of rotatable bonds is 3. The third kappa shape index (κ3) is 2.62. The Labute approximate surface area is 94.1 Å². The fourth-order valence-corrected chi connectivity index (χ4v) is 1.66. The summed E-state index contributed by atoms with van der Waals surface area (Å²) >= 11 is 0. The van der Waals surface area contributed by atoms with E-state index in [2.05, 4.69) is 10.6 Å². The van der Waals surface area contributed by atoms with Crippen molar-refractivity contribution in [1.29, 1.82) is 0 Å². The lowest BCUT2D eigenvalue weighted by Crippen LogP contribution is -2.51. The molecule has 0 aromatic carbocycles. The Morgan fingerprint density at radius 1 is 1.69 bits per heavy atom. The molecule has 2 unspecified atom stereocenters. The van der Waals surface area contributed by atoms with Crippen molar-refractivity contribution in [3.05, 3.63) is 24.2 Å². The molecule has 0 aliphatic carbocycles. The molecule has 2 N–H and O–H groups in total. The van der Waals surface area contributed by atoms with E-state index in [1.54, 1.807) is 12.3 Å². The zero-order chi connectivity index (χ0) is 11.4. The van der Waals surface area contributed by atoms with E-state index >= 15 is 0 Å². The van der Waals surface area contributed by atoms with Crippen LogP contribution in [0.15, 0.2) is 22.8 Å². The molecule has 2 rings (SSSR count). The fraction of sp³-hybridized carbons (Fsp3) is 0.545. The van der Waals surface area contributed by atoms with Gasteiger partial charge in [0.2, 0.25) is 5.91 Å². The molecule has 1 fully saturated rings. The molecule has 5 nitrogen and oxygen atoms in total. The van der Waals surface area contributed by atoms with Gasteiger partial charge in [0.1, 0.15) is 11.8 Å². The van der Waals surface area contributed by atoms with Crippen LogP contribution in [-0.2, 0) is 9.53 Å². The van der Waals surface area contributed by atoms with E-state index < -0.39 is 0 Å². The first-order valence-corrected chi connectivity index (χ1v) is 5.42. The van der Waals surface area contributed by atoms with Crippen LogP contribution in [0.5, 0.6) is 0 Å². The van der Waals surface area contributed by atoms with Crippen LogP contribution in [-0.4, -0.2) is 31.7 Å². The first-order valence-electron chi connectivity index (χ1n) is 5.42. The molecule has 0 saturated carbocycles. The molecule has 2 atom stereocenters. The van der Waals surface area contributed by atoms with Crippen LogP contribution >= 0.6 is 0 Å². The average Bonchev–Trinajstić information content (AvgIpc) is 2.83. The van der Waals surface area contributed by atoms with Crippen molar-refractivity contribution in [2.45, 2.75) is 19.0 Å². The van der Waals surface area contributed by atoms with Gasteiger partial charge in [0, 0.05) is 6.54 Å². The minimum atomic E-state index is -0.258. The Balaban J connectivity index is 1.86. The van der Waals surface area contributed by atoms with Gasteiger partial charge in [-0.15, -0.1) is 0 Å². The number of hydrogen-bond acceptors (Lipinski definition) is 4. The summed E-state index contributed by atoms with van der Waals surface area (Å²) in [5.74, 6) is 0.702. The number of morpholine rings is 1. The minimum Gasteiger partial charge on any atom is -0.467 e. The van der Waals surface area contributed by atoms with Crippen LogP contribution in [0.4, 0.5) is 0 Å². The lowest BCUT2D eigenvalue weighted by atomic mass is 10.2. The number of amides is 1. The number of carbonyl (C=O) groups excluding carboxylic acids is 1. The molecular formula is C11H16N2O3. The number of hydrogen-bond donors (Lipinski definition) is 2. The van der Waals surface area contributed by atoms with E-state index in [-0.39, 0.29) is 18.0 Å². The van der Waals surface area contributed by atoms with Crippen molar-refractivity contribution in [3.63, 3.8) is 0 Å². The maximum absolute atomic E-state index is 11.8. The number of furan rings is 1. The monoisotopic (exact) mass is 224 g/mol. The highest BCUT2D eigenvalue weighted by Crippen LogP contribution is 2.12. The van der Waals surface area contributed by atoms with Gasteiger partial charge < -0.3 is 19.8 Å². The van der Waals surface area contributed by atoms with Gasteiger partial charge >= 0.3 is 0 Å². The summed E-state index contributed by atoms with van der Waals surface area (Å²) < 4.78 is 10.4. The molecule has 2 heterocycles. The first kappa shape index (κ1) is 11.2. The van der Waals surface area contributed by atoms with Crippen molar-refractivity contribution < 1.29 is 13.9 Å². The Bertz CT molecular complexity index is 331. The molecule has 1 aliphatic rings. The number of nitrogens with one attached hydrogen (secondary N) is 2. The summed E-state index contributed by atoms with van der Waals surface area (Å²) in [6.07, 6.45) is 1.60. The summed E-state index contributed by atoms with van der Waals surface area (Å²) in [5, 5.41) is 5.98. The van der Waals surface area contributed by atoms with E-state index in [9.17, 15) is 4.79 Å². The third-order valence-electron chi connectivity index (χ3n) is 2.57. The van der Waals surface area contributed by atoms with Crippen LogP contribution in [0.25, 0.3) is 0 Å². The second-order valence-electron chi connectivity index (χ2n) is 3.83. The predicted molar refractivity (Wildman–Crippen MR) is 57.9 cm³/mol. The van der Waals surface area contributed by atoms with E-state index in [0.29, 0.717) is 19.8 Å². The second-order valence-corrected chi connectivity index (χ2v) is 3.83. The molecule has 0 spiro atoms. The maximum Gasteiger partial charge on any atom is 0.240 e. The highest BCUT2D eigenvalue weighted by atomic mass is 16.5. The second kappa shape index (κ2) is 5.14. The van der Waals surface area contributed by atoms with Crippen molar-refractivity contribution in [1.82, 2.24) is 10.6 Å². The van der Waals surface area contributed by atoms with Crippen LogP contribution in [0.3, 0.4) is 0 Å². The highest BCUT2D eigenvalue weighted by molar-refractivity contribution is 5.82. The topological polar surface area (TPSA) is 63.5 Å². The van der Waals surface area contributed by atoms with E-state index in [0.717, 1.165) is 5.76 Å². The third-order valence-corrected chi connectivity index (χ3v) is 2.57. The van der Waals surface area contributed by atoms with E-state index in [4.69, 9.17) is 9.15 Å². The molecule has 1 aliphatic heterocycles. The molecule has 0 radical (unpaired) electrons. The number of carbonyl (C=O) groups is 1. The summed E-state index contributed by atoms with van der Waals surface area (Å²) in [4.78, 5) is 11.8. The van der Waals surface area contributed by atoms with Crippen molar-refractivity contribution in [2.75, 3.05) is 19.8 Å². The van der Waals surface area contributed by atoms with E-state index in [1.807, 2.05) is 13.0 Å². The average molecular weight is 224 g/mol. The molecule has 1 saturated heterocycles. The summed E-state index contributed by atoms with van der Waals surface area (Å²) in [5.41, 5.74) is 0. The Hall–Kier alpha value is -1.33. The molecule has 1 aromatic rings. The van der Waals surface area contributed by atoms with Gasteiger partial charge in [-0.3, -0.25) is 4.79 Å². The fourth-order valence-electron chi connectivity index (χ4n) is 1.66. The molecule has 5 heteroatoms. The lowest BCUT2D eigenvalue weighted by Gasteiger charge is -2.24. The van der Waals surface area contributed by atoms with Gasteiger partial charge in [0.25, 0.3) is 0 Å². The van der Waals surface area contributed by atoms with Crippen LogP contribution < -0.4 is 10.6 Å². The first-order chi connectivity index (χ1) is 7.77. The maximum atomic E-state index is 11.8. The molecule has 0 bridgehead atoms. The molecule has 16 heavy (non-hydrogen) atoms. The van der Waals surface area contributed by atoms with Crippen molar-refractivity contribution in [3.8, 4) is 0 Å². The quantitative estimate of drug-likeness (QED) is 0.782. The zero-order valence-electron chi connectivity index (χ0n) is 9.23. The minimum absolute atomic E-state index is 0.0522. The van der Waals surface area contributed by atoms with Gasteiger partial charge in [-0.05, 0) is 19.1 Å². The SMILES string of the molecule is CC(NC(=O)C1COCCN1)c1ccco1. The van der Waals surface area contributed by atoms with E-state index in [1.165, 1.54) is 0 Å². The lowest BCUT2D eigenvalue weighted by molar-refractivity contribution is -0.126. The number of ether oxygens (including phenoxy) is 1.